The van der Waals surface area contributed by atoms with Crippen molar-refractivity contribution in [3.05, 3.63) is 16.4 Å². The van der Waals surface area contributed by atoms with Crippen LogP contribution in [0.15, 0.2) is 0 Å². The number of nitrogens with one attached hydrogen (secondary N) is 1. The molecule has 19 heavy (non-hydrogen) atoms. The van der Waals surface area contributed by atoms with Crippen LogP contribution in [0.25, 0.3) is 0 Å². The van der Waals surface area contributed by atoms with Crippen LogP contribution in [-0.2, 0) is 13.5 Å². The van der Waals surface area contributed by atoms with E-state index in [0.29, 0.717) is 5.41 Å². The number of aromatic nitrogens is 2. The summed E-state index contributed by atoms with van der Waals surface area (Å²) in [5.74, 6) is 0. The molecule has 0 saturated heterocycles. The van der Waals surface area contributed by atoms with Gasteiger partial charge in [-0.15, -0.1) is 0 Å². The van der Waals surface area contributed by atoms with E-state index >= 15 is 0 Å². The molecule has 0 spiro atoms. The lowest BCUT2D eigenvalue weighted by Crippen LogP contribution is -2.34. The second-order valence-corrected chi connectivity index (χ2v) is 6.40. The van der Waals surface area contributed by atoms with Crippen LogP contribution < -0.4 is 5.32 Å². The molecule has 0 bridgehead atoms. The Labute approximate surface area is 121 Å². The normalized spacial score (nSPS) is 18.1. The van der Waals surface area contributed by atoms with Crippen molar-refractivity contribution in [2.45, 2.75) is 52.4 Å². The van der Waals surface area contributed by atoms with E-state index in [1.807, 2.05) is 7.05 Å². The standard InChI is InChI=1S/C15H26ClN3/c1-4-9-17-11-15(7-5-6-8-15)10-13-12(2)18-19(3)14(13)16/h17H,4-11H2,1-3H3. The van der Waals surface area contributed by atoms with Gasteiger partial charge in [-0.2, -0.15) is 5.10 Å². The highest BCUT2D eigenvalue weighted by molar-refractivity contribution is 6.30. The molecule has 2 rings (SSSR count). The topological polar surface area (TPSA) is 29.9 Å². The van der Waals surface area contributed by atoms with E-state index in [1.165, 1.54) is 37.7 Å². The van der Waals surface area contributed by atoms with Crippen molar-refractivity contribution in [2.75, 3.05) is 13.1 Å². The smallest absolute Gasteiger partial charge is 0.130 e. The fourth-order valence-electron chi connectivity index (χ4n) is 3.32. The number of rotatable bonds is 6. The third kappa shape index (κ3) is 3.32. The molecular weight excluding hydrogens is 258 g/mol. The molecule has 1 aromatic rings. The molecule has 1 N–H and O–H groups in total. The Morgan fingerprint density at radius 1 is 1.37 bits per heavy atom. The molecule has 0 unspecified atom stereocenters. The molecule has 1 aliphatic carbocycles. The summed E-state index contributed by atoms with van der Waals surface area (Å²) in [4.78, 5) is 0. The molecule has 0 aromatic carbocycles. The van der Waals surface area contributed by atoms with Crippen LogP contribution in [0.2, 0.25) is 5.15 Å². The van der Waals surface area contributed by atoms with E-state index in [0.717, 1.165) is 30.4 Å². The first-order valence-electron chi connectivity index (χ1n) is 7.47. The zero-order valence-corrected chi connectivity index (χ0v) is 13.2. The number of aryl methyl sites for hydroxylation is 2. The van der Waals surface area contributed by atoms with Gasteiger partial charge >= 0.3 is 0 Å². The monoisotopic (exact) mass is 283 g/mol. The minimum atomic E-state index is 0.395. The van der Waals surface area contributed by atoms with Gasteiger partial charge in [0.1, 0.15) is 5.15 Å². The van der Waals surface area contributed by atoms with Crippen LogP contribution in [0.5, 0.6) is 0 Å². The third-order valence-electron chi connectivity index (χ3n) is 4.41. The van der Waals surface area contributed by atoms with Gasteiger partial charge in [0, 0.05) is 19.2 Å². The minimum absolute atomic E-state index is 0.395. The molecule has 1 aromatic heterocycles. The SMILES string of the molecule is CCCNCC1(Cc2c(C)nn(C)c2Cl)CCCC1. The Morgan fingerprint density at radius 2 is 2.05 bits per heavy atom. The summed E-state index contributed by atoms with van der Waals surface area (Å²) in [6.45, 7) is 6.52. The van der Waals surface area contributed by atoms with Gasteiger partial charge in [0.15, 0.2) is 0 Å². The van der Waals surface area contributed by atoms with Gasteiger partial charge in [-0.25, -0.2) is 0 Å². The molecular formula is C15H26ClN3. The Kier molecular flexibility index (Phi) is 4.91. The zero-order chi connectivity index (χ0) is 13.9. The number of nitrogens with zero attached hydrogens (tertiary/aromatic N) is 2. The van der Waals surface area contributed by atoms with Crippen LogP contribution in [0.3, 0.4) is 0 Å². The second kappa shape index (κ2) is 6.27. The molecule has 4 heteroatoms. The Bertz CT molecular complexity index is 419. The Hall–Kier alpha value is -0.540. The van der Waals surface area contributed by atoms with Gasteiger partial charge in [0.2, 0.25) is 0 Å². The molecule has 1 aliphatic rings. The van der Waals surface area contributed by atoms with Gasteiger partial charge in [-0.05, 0) is 44.6 Å². The van der Waals surface area contributed by atoms with Crippen molar-refractivity contribution in [1.82, 2.24) is 15.1 Å². The maximum absolute atomic E-state index is 6.40. The first-order valence-corrected chi connectivity index (χ1v) is 7.84. The highest BCUT2D eigenvalue weighted by Gasteiger charge is 2.35. The predicted octanol–water partition coefficient (Wildman–Crippen LogP) is 3.48. The summed E-state index contributed by atoms with van der Waals surface area (Å²) < 4.78 is 1.80. The maximum atomic E-state index is 6.40. The van der Waals surface area contributed by atoms with Crippen molar-refractivity contribution in [3.8, 4) is 0 Å². The maximum Gasteiger partial charge on any atom is 0.130 e. The summed E-state index contributed by atoms with van der Waals surface area (Å²) in [5.41, 5.74) is 2.74. The largest absolute Gasteiger partial charge is 0.316 e. The quantitative estimate of drug-likeness (QED) is 0.810. The lowest BCUT2D eigenvalue weighted by molar-refractivity contribution is 0.278. The highest BCUT2D eigenvalue weighted by atomic mass is 35.5. The Balaban J connectivity index is 2.11. The van der Waals surface area contributed by atoms with Crippen LogP contribution in [0.4, 0.5) is 0 Å². The molecule has 1 saturated carbocycles. The van der Waals surface area contributed by atoms with Gasteiger partial charge in [-0.1, -0.05) is 31.4 Å². The lowest BCUT2D eigenvalue weighted by atomic mass is 9.80. The molecule has 108 valence electrons. The fourth-order valence-corrected chi connectivity index (χ4v) is 3.56. The van der Waals surface area contributed by atoms with E-state index in [-0.39, 0.29) is 0 Å². The fraction of sp³-hybridized carbons (Fsp3) is 0.800. The molecule has 0 aliphatic heterocycles. The van der Waals surface area contributed by atoms with E-state index in [1.54, 1.807) is 4.68 Å². The average molecular weight is 284 g/mol. The van der Waals surface area contributed by atoms with E-state index in [9.17, 15) is 0 Å². The summed E-state index contributed by atoms with van der Waals surface area (Å²) in [6, 6.07) is 0. The van der Waals surface area contributed by atoms with Crippen LogP contribution >= 0.6 is 11.6 Å². The summed E-state index contributed by atoms with van der Waals surface area (Å²) in [7, 11) is 1.93. The number of hydrogen-bond donors (Lipinski definition) is 1. The van der Waals surface area contributed by atoms with E-state index in [4.69, 9.17) is 11.6 Å². The molecule has 1 heterocycles. The molecule has 3 nitrogen and oxygen atoms in total. The molecule has 0 atom stereocenters. The van der Waals surface area contributed by atoms with Crippen LogP contribution in [0, 0.1) is 12.3 Å². The van der Waals surface area contributed by atoms with Crippen molar-refractivity contribution < 1.29 is 0 Å². The van der Waals surface area contributed by atoms with Crippen molar-refractivity contribution >= 4 is 11.6 Å². The predicted molar refractivity (Wildman–Crippen MR) is 80.7 cm³/mol. The van der Waals surface area contributed by atoms with Gasteiger partial charge in [0.25, 0.3) is 0 Å². The van der Waals surface area contributed by atoms with Gasteiger partial charge in [-0.3, -0.25) is 4.68 Å². The summed E-state index contributed by atoms with van der Waals surface area (Å²) in [6.07, 6.45) is 7.60. The first kappa shape index (κ1) is 14.9. The van der Waals surface area contributed by atoms with E-state index < -0.39 is 0 Å². The molecule has 1 fully saturated rings. The highest BCUT2D eigenvalue weighted by Crippen LogP contribution is 2.42. The third-order valence-corrected chi connectivity index (χ3v) is 4.89. The van der Waals surface area contributed by atoms with Crippen molar-refractivity contribution in [2.24, 2.45) is 12.5 Å². The average Bonchev–Trinajstić information content (AvgIpc) is 2.92. The van der Waals surface area contributed by atoms with Crippen LogP contribution in [0.1, 0.15) is 50.3 Å². The number of halogens is 1. The van der Waals surface area contributed by atoms with Gasteiger partial charge < -0.3 is 5.32 Å². The van der Waals surface area contributed by atoms with Crippen LogP contribution in [-0.4, -0.2) is 22.9 Å². The molecule has 0 amide bonds. The lowest BCUT2D eigenvalue weighted by Gasteiger charge is -2.29. The zero-order valence-electron chi connectivity index (χ0n) is 12.4. The first-order chi connectivity index (χ1) is 9.08. The van der Waals surface area contributed by atoms with Crippen molar-refractivity contribution in [1.29, 1.82) is 0 Å². The number of hydrogen-bond acceptors (Lipinski definition) is 2. The Morgan fingerprint density at radius 3 is 2.58 bits per heavy atom. The second-order valence-electron chi connectivity index (χ2n) is 6.04. The molecule has 0 radical (unpaired) electrons. The van der Waals surface area contributed by atoms with Gasteiger partial charge in [0.05, 0.1) is 5.69 Å². The summed E-state index contributed by atoms with van der Waals surface area (Å²) in [5, 5.41) is 8.88. The summed E-state index contributed by atoms with van der Waals surface area (Å²) >= 11 is 6.40. The minimum Gasteiger partial charge on any atom is -0.316 e. The van der Waals surface area contributed by atoms with Crippen molar-refractivity contribution in [3.63, 3.8) is 0 Å². The van der Waals surface area contributed by atoms with E-state index in [2.05, 4.69) is 24.3 Å².